The first-order valence-electron chi connectivity index (χ1n) is 5.68. The molecule has 4 heteroatoms. The van der Waals surface area contributed by atoms with Crippen LogP contribution >= 0.6 is 0 Å². The van der Waals surface area contributed by atoms with Crippen LogP contribution in [0.15, 0.2) is 24.3 Å². The molecule has 0 aliphatic heterocycles. The molecule has 0 aliphatic rings. The Morgan fingerprint density at radius 1 is 1.53 bits per heavy atom. The minimum atomic E-state index is -0.779. The van der Waals surface area contributed by atoms with E-state index in [1.807, 2.05) is 24.9 Å². The molecule has 1 aromatic carbocycles. The summed E-state index contributed by atoms with van der Waals surface area (Å²) >= 11 is 0. The highest BCUT2D eigenvalue weighted by molar-refractivity contribution is 5.70. The van der Waals surface area contributed by atoms with Crippen LogP contribution in [0.25, 0.3) is 0 Å². The van der Waals surface area contributed by atoms with Gasteiger partial charge in [-0.25, -0.2) is 4.39 Å². The fraction of sp³-hybridized carbons (Fsp3) is 0.462. The molecule has 0 fully saturated rings. The lowest BCUT2D eigenvalue weighted by Gasteiger charge is -2.20. The molecule has 1 atom stereocenters. The molecule has 0 spiro atoms. The molecule has 17 heavy (non-hydrogen) atoms. The van der Waals surface area contributed by atoms with Crippen molar-refractivity contribution in [3.8, 4) is 0 Å². The van der Waals surface area contributed by atoms with Crippen molar-refractivity contribution in [2.45, 2.75) is 19.9 Å². The molecular weight excluding hydrogens is 221 g/mol. The zero-order valence-electron chi connectivity index (χ0n) is 10.2. The summed E-state index contributed by atoms with van der Waals surface area (Å²) in [5.74, 6) is -1.41. The molecule has 0 aromatic heterocycles. The second-order valence-corrected chi connectivity index (χ2v) is 4.27. The highest BCUT2D eigenvalue weighted by Crippen LogP contribution is 2.10. The van der Waals surface area contributed by atoms with E-state index in [0.29, 0.717) is 19.5 Å². The van der Waals surface area contributed by atoms with Gasteiger partial charge in [-0.15, -0.1) is 0 Å². The van der Waals surface area contributed by atoms with E-state index in [4.69, 9.17) is 5.11 Å². The smallest absolute Gasteiger partial charge is 0.307 e. The van der Waals surface area contributed by atoms with Crippen LogP contribution in [0.5, 0.6) is 0 Å². The third kappa shape index (κ3) is 4.53. The second kappa shape index (κ2) is 6.35. The quantitative estimate of drug-likeness (QED) is 0.828. The van der Waals surface area contributed by atoms with Crippen molar-refractivity contribution in [2.24, 2.45) is 5.92 Å². The lowest BCUT2D eigenvalue weighted by Crippen LogP contribution is -2.29. The van der Waals surface area contributed by atoms with Crippen molar-refractivity contribution in [2.75, 3.05) is 13.6 Å². The number of carboxylic acids is 1. The summed E-state index contributed by atoms with van der Waals surface area (Å²) < 4.78 is 13.0. The molecule has 3 nitrogen and oxygen atoms in total. The first-order valence-corrected chi connectivity index (χ1v) is 5.68. The Kier molecular flexibility index (Phi) is 5.10. The summed E-state index contributed by atoms with van der Waals surface area (Å²) in [5.41, 5.74) is 0.854. The Hall–Kier alpha value is -1.42. The van der Waals surface area contributed by atoms with Gasteiger partial charge in [0.15, 0.2) is 0 Å². The number of nitrogens with zero attached hydrogens (tertiary/aromatic N) is 1. The summed E-state index contributed by atoms with van der Waals surface area (Å²) in [6, 6.07) is 6.36. The Bertz CT molecular complexity index is 381. The molecule has 0 radical (unpaired) electrons. The van der Waals surface area contributed by atoms with E-state index >= 15 is 0 Å². The highest BCUT2D eigenvalue weighted by Gasteiger charge is 2.17. The van der Waals surface area contributed by atoms with Crippen LogP contribution in [0.2, 0.25) is 0 Å². The third-order valence-electron chi connectivity index (χ3n) is 2.72. The van der Waals surface area contributed by atoms with Crippen LogP contribution in [0.1, 0.15) is 18.9 Å². The van der Waals surface area contributed by atoms with Crippen molar-refractivity contribution in [3.63, 3.8) is 0 Å². The largest absolute Gasteiger partial charge is 0.481 e. The van der Waals surface area contributed by atoms with Gasteiger partial charge >= 0.3 is 5.97 Å². The number of halogens is 1. The number of aliphatic carboxylic acids is 1. The van der Waals surface area contributed by atoms with Gasteiger partial charge in [0, 0.05) is 13.1 Å². The van der Waals surface area contributed by atoms with Gasteiger partial charge in [-0.3, -0.25) is 4.79 Å². The molecule has 0 amide bonds. The first-order chi connectivity index (χ1) is 8.02. The van der Waals surface area contributed by atoms with Crippen molar-refractivity contribution < 1.29 is 14.3 Å². The minimum absolute atomic E-state index is 0.263. The maximum atomic E-state index is 13.0. The van der Waals surface area contributed by atoms with E-state index in [1.54, 1.807) is 6.07 Å². The Morgan fingerprint density at radius 2 is 2.24 bits per heavy atom. The molecule has 0 aliphatic carbocycles. The van der Waals surface area contributed by atoms with Crippen LogP contribution in [0.3, 0.4) is 0 Å². The van der Waals surface area contributed by atoms with Crippen LogP contribution < -0.4 is 0 Å². The minimum Gasteiger partial charge on any atom is -0.481 e. The molecular formula is C13H18FNO2. The Labute approximate surface area is 101 Å². The maximum absolute atomic E-state index is 13.0. The standard InChI is InChI=1S/C13H18FNO2/c1-3-11(13(16)17)9-15(2)8-10-5-4-6-12(14)7-10/h4-7,11H,3,8-9H2,1-2H3,(H,16,17). The van der Waals surface area contributed by atoms with Crippen LogP contribution in [0, 0.1) is 11.7 Å². The summed E-state index contributed by atoms with van der Waals surface area (Å²) in [5, 5.41) is 8.95. The van der Waals surface area contributed by atoms with Gasteiger partial charge in [-0.05, 0) is 31.2 Å². The Morgan fingerprint density at radius 3 is 2.76 bits per heavy atom. The lowest BCUT2D eigenvalue weighted by molar-refractivity contribution is -0.142. The van der Waals surface area contributed by atoms with E-state index in [9.17, 15) is 9.18 Å². The average Bonchev–Trinajstić information content (AvgIpc) is 2.25. The van der Waals surface area contributed by atoms with E-state index in [1.165, 1.54) is 12.1 Å². The fourth-order valence-corrected chi connectivity index (χ4v) is 1.77. The van der Waals surface area contributed by atoms with Gasteiger partial charge in [-0.1, -0.05) is 19.1 Å². The first kappa shape index (κ1) is 13.6. The Balaban J connectivity index is 2.54. The van der Waals surface area contributed by atoms with Crippen LogP contribution in [-0.4, -0.2) is 29.6 Å². The van der Waals surface area contributed by atoms with Crippen LogP contribution in [-0.2, 0) is 11.3 Å². The molecule has 0 bridgehead atoms. The van der Waals surface area contributed by atoms with E-state index in [2.05, 4.69) is 0 Å². The zero-order chi connectivity index (χ0) is 12.8. The number of hydrogen-bond acceptors (Lipinski definition) is 2. The predicted octanol–water partition coefficient (Wildman–Crippen LogP) is 2.37. The normalized spacial score (nSPS) is 12.7. The second-order valence-electron chi connectivity index (χ2n) is 4.27. The predicted molar refractivity (Wildman–Crippen MR) is 64.2 cm³/mol. The molecule has 1 N–H and O–H groups in total. The zero-order valence-corrected chi connectivity index (χ0v) is 10.2. The van der Waals surface area contributed by atoms with Crippen LogP contribution in [0.4, 0.5) is 4.39 Å². The highest BCUT2D eigenvalue weighted by atomic mass is 19.1. The topological polar surface area (TPSA) is 40.5 Å². The van der Waals surface area contributed by atoms with Gasteiger partial charge < -0.3 is 10.0 Å². The summed E-state index contributed by atoms with van der Waals surface area (Å²) in [6.45, 7) is 2.89. The van der Waals surface area contributed by atoms with Crippen molar-refractivity contribution in [1.29, 1.82) is 0 Å². The van der Waals surface area contributed by atoms with Gasteiger partial charge in [0.1, 0.15) is 5.82 Å². The summed E-state index contributed by atoms with van der Waals surface area (Å²) in [6.07, 6.45) is 0.600. The van der Waals surface area contributed by atoms with Gasteiger partial charge in [0.2, 0.25) is 0 Å². The third-order valence-corrected chi connectivity index (χ3v) is 2.72. The van der Waals surface area contributed by atoms with Gasteiger partial charge in [0.25, 0.3) is 0 Å². The lowest BCUT2D eigenvalue weighted by atomic mass is 10.1. The van der Waals surface area contributed by atoms with E-state index in [-0.39, 0.29) is 11.7 Å². The molecule has 1 rings (SSSR count). The summed E-state index contributed by atoms with van der Waals surface area (Å²) in [7, 11) is 1.84. The SMILES string of the molecule is CCC(CN(C)Cc1cccc(F)c1)C(=O)O. The molecule has 1 aromatic rings. The van der Waals surface area contributed by atoms with Crippen molar-refractivity contribution >= 4 is 5.97 Å². The number of carboxylic acid groups (broad SMARTS) is 1. The number of rotatable bonds is 6. The molecule has 0 saturated carbocycles. The average molecular weight is 239 g/mol. The molecule has 1 unspecified atom stereocenters. The van der Waals surface area contributed by atoms with Gasteiger partial charge in [0.05, 0.1) is 5.92 Å². The van der Waals surface area contributed by atoms with Crippen molar-refractivity contribution in [3.05, 3.63) is 35.6 Å². The van der Waals surface area contributed by atoms with E-state index in [0.717, 1.165) is 5.56 Å². The van der Waals surface area contributed by atoms with Gasteiger partial charge in [-0.2, -0.15) is 0 Å². The summed E-state index contributed by atoms with van der Waals surface area (Å²) in [4.78, 5) is 12.8. The fourth-order valence-electron chi connectivity index (χ4n) is 1.77. The molecule has 0 heterocycles. The monoisotopic (exact) mass is 239 g/mol. The maximum Gasteiger partial charge on any atom is 0.307 e. The van der Waals surface area contributed by atoms with Crippen molar-refractivity contribution in [1.82, 2.24) is 4.90 Å². The molecule has 94 valence electrons. The molecule has 0 saturated heterocycles. The number of carbonyl (C=O) groups is 1. The number of hydrogen-bond donors (Lipinski definition) is 1. The number of benzene rings is 1. The van der Waals surface area contributed by atoms with E-state index < -0.39 is 5.97 Å².